The lowest BCUT2D eigenvalue weighted by Crippen LogP contribution is -2.38. The fourth-order valence-electron chi connectivity index (χ4n) is 1.23. The molecule has 3 heteroatoms. The lowest BCUT2D eigenvalue weighted by Gasteiger charge is -2.24. The predicted molar refractivity (Wildman–Crippen MR) is 58.3 cm³/mol. The van der Waals surface area contributed by atoms with E-state index in [0.717, 1.165) is 12.0 Å². The van der Waals surface area contributed by atoms with Crippen LogP contribution in [0.15, 0.2) is 18.2 Å². The Bertz CT molecular complexity index is 323. The summed E-state index contributed by atoms with van der Waals surface area (Å²) in [7, 11) is 1.90. The van der Waals surface area contributed by atoms with Crippen LogP contribution in [-0.2, 0) is 6.42 Å². The molecule has 0 bridgehead atoms. The average Bonchev–Trinajstić information content (AvgIpc) is 2.10. The molecule has 0 aliphatic rings. The number of likely N-dealkylation sites (N-methyl/N-ethyl adjacent to an activating group) is 1. The van der Waals surface area contributed by atoms with Crippen LogP contribution in [0.3, 0.4) is 0 Å². The Morgan fingerprint density at radius 1 is 1.43 bits per heavy atom. The first-order chi connectivity index (χ1) is 6.44. The number of rotatable bonds is 3. The second-order valence-corrected chi connectivity index (χ2v) is 4.45. The monoisotopic (exact) mass is 215 g/mol. The average molecular weight is 216 g/mol. The number of nitrogens with one attached hydrogen (secondary N) is 1. The maximum absolute atomic E-state index is 12.8. The van der Waals surface area contributed by atoms with Crippen molar-refractivity contribution in [3.8, 4) is 0 Å². The van der Waals surface area contributed by atoms with E-state index in [1.807, 2.05) is 7.05 Å². The molecular formula is C11H15ClFN. The first kappa shape index (κ1) is 11.5. The van der Waals surface area contributed by atoms with Gasteiger partial charge in [0.15, 0.2) is 0 Å². The Hall–Kier alpha value is -0.600. The molecule has 0 aromatic heterocycles. The Labute approximate surface area is 89.3 Å². The normalized spacial score (nSPS) is 11.8. The molecule has 1 nitrogen and oxygen atoms in total. The number of halogens is 2. The molecule has 1 aromatic rings. The summed E-state index contributed by atoms with van der Waals surface area (Å²) < 4.78 is 12.8. The molecule has 14 heavy (non-hydrogen) atoms. The van der Waals surface area contributed by atoms with Gasteiger partial charge < -0.3 is 5.32 Å². The highest BCUT2D eigenvalue weighted by molar-refractivity contribution is 6.31. The van der Waals surface area contributed by atoms with E-state index in [1.165, 1.54) is 12.1 Å². The Morgan fingerprint density at radius 2 is 2.07 bits per heavy atom. The van der Waals surface area contributed by atoms with Gasteiger partial charge in [0.25, 0.3) is 0 Å². The minimum absolute atomic E-state index is 0.0263. The molecule has 0 unspecified atom stereocenters. The second kappa shape index (κ2) is 4.28. The molecule has 0 spiro atoms. The Morgan fingerprint density at radius 3 is 2.57 bits per heavy atom. The van der Waals surface area contributed by atoms with Crippen LogP contribution in [0.25, 0.3) is 0 Å². The molecule has 1 aromatic carbocycles. The molecule has 0 atom stereocenters. The van der Waals surface area contributed by atoms with Crippen molar-refractivity contribution in [2.75, 3.05) is 7.05 Å². The van der Waals surface area contributed by atoms with Gasteiger partial charge in [-0.3, -0.25) is 0 Å². The van der Waals surface area contributed by atoms with E-state index in [2.05, 4.69) is 19.2 Å². The third-order valence-corrected chi connectivity index (χ3v) is 2.68. The molecule has 0 aliphatic carbocycles. The highest BCUT2D eigenvalue weighted by Crippen LogP contribution is 2.21. The van der Waals surface area contributed by atoms with Crippen LogP contribution in [0.4, 0.5) is 4.39 Å². The summed E-state index contributed by atoms with van der Waals surface area (Å²) in [6.07, 6.45) is 0.780. The summed E-state index contributed by atoms with van der Waals surface area (Å²) in [6.45, 7) is 4.15. The SMILES string of the molecule is CNC(C)(C)Cc1ccc(F)cc1Cl. The van der Waals surface area contributed by atoms with Gasteiger partial charge in [-0.05, 0) is 45.0 Å². The van der Waals surface area contributed by atoms with Crippen molar-refractivity contribution in [2.24, 2.45) is 0 Å². The molecule has 1 rings (SSSR count). The smallest absolute Gasteiger partial charge is 0.124 e. The van der Waals surface area contributed by atoms with Gasteiger partial charge >= 0.3 is 0 Å². The van der Waals surface area contributed by atoms with Crippen LogP contribution >= 0.6 is 11.6 Å². The van der Waals surface area contributed by atoms with Gasteiger partial charge in [0.2, 0.25) is 0 Å². The van der Waals surface area contributed by atoms with Gasteiger partial charge in [-0.1, -0.05) is 17.7 Å². The van der Waals surface area contributed by atoms with Crippen molar-refractivity contribution in [3.63, 3.8) is 0 Å². The van der Waals surface area contributed by atoms with E-state index < -0.39 is 0 Å². The van der Waals surface area contributed by atoms with Gasteiger partial charge in [-0.25, -0.2) is 4.39 Å². The number of hydrogen-bond donors (Lipinski definition) is 1. The molecule has 0 amide bonds. The fraction of sp³-hybridized carbons (Fsp3) is 0.455. The Kier molecular flexibility index (Phi) is 3.51. The maximum Gasteiger partial charge on any atom is 0.124 e. The van der Waals surface area contributed by atoms with Gasteiger partial charge in [0, 0.05) is 10.6 Å². The van der Waals surface area contributed by atoms with E-state index in [1.54, 1.807) is 6.07 Å². The summed E-state index contributed by atoms with van der Waals surface area (Å²) in [5, 5.41) is 3.67. The van der Waals surface area contributed by atoms with Crippen molar-refractivity contribution >= 4 is 11.6 Å². The van der Waals surface area contributed by atoms with Crippen LogP contribution < -0.4 is 5.32 Å². The van der Waals surface area contributed by atoms with Gasteiger partial charge in [-0.15, -0.1) is 0 Å². The van der Waals surface area contributed by atoms with Crippen LogP contribution in [0.2, 0.25) is 5.02 Å². The highest BCUT2D eigenvalue weighted by Gasteiger charge is 2.17. The third kappa shape index (κ3) is 2.96. The van der Waals surface area contributed by atoms with Crippen LogP contribution in [0.1, 0.15) is 19.4 Å². The van der Waals surface area contributed by atoms with E-state index in [4.69, 9.17) is 11.6 Å². The zero-order valence-electron chi connectivity index (χ0n) is 8.70. The van der Waals surface area contributed by atoms with Crippen molar-refractivity contribution in [2.45, 2.75) is 25.8 Å². The lowest BCUT2D eigenvalue weighted by molar-refractivity contribution is 0.422. The first-order valence-electron chi connectivity index (χ1n) is 4.57. The molecule has 0 heterocycles. The number of benzene rings is 1. The summed E-state index contributed by atoms with van der Waals surface area (Å²) >= 11 is 5.92. The van der Waals surface area contributed by atoms with Crippen molar-refractivity contribution in [1.29, 1.82) is 0 Å². The molecule has 0 saturated carbocycles. The summed E-state index contributed by atoms with van der Waals surface area (Å²) in [4.78, 5) is 0. The maximum atomic E-state index is 12.8. The molecule has 0 saturated heterocycles. The number of hydrogen-bond acceptors (Lipinski definition) is 1. The van der Waals surface area contributed by atoms with Crippen LogP contribution in [0, 0.1) is 5.82 Å². The quantitative estimate of drug-likeness (QED) is 0.818. The molecule has 0 fully saturated rings. The summed E-state index contributed by atoms with van der Waals surface area (Å²) in [5.41, 5.74) is 0.939. The topological polar surface area (TPSA) is 12.0 Å². The standard InChI is InChI=1S/C11H15ClFN/c1-11(2,14-3)7-8-4-5-9(13)6-10(8)12/h4-6,14H,7H2,1-3H3. The van der Waals surface area contributed by atoms with Crippen LogP contribution in [-0.4, -0.2) is 12.6 Å². The zero-order chi connectivity index (χ0) is 10.8. The lowest BCUT2D eigenvalue weighted by atomic mass is 9.95. The molecule has 0 radical (unpaired) electrons. The van der Waals surface area contributed by atoms with Crippen LogP contribution in [0.5, 0.6) is 0 Å². The second-order valence-electron chi connectivity index (χ2n) is 4.05. The molecule has 1 N–H and O–H groups in total. The van der Waals surface area contributed by atoms with Gasteiger partial charge in [0.1, 0.15) is 5.82 Å². The van der Waals surface area contributed by atoms with Gasteiger partial charge in [-0.2, -0.15) is 0 Å². The minimum Gasteiger partial charge on any atom is -0.314 e. The van der Waals surface area contributed by atoms with E-state index in [-0.39, 0.29) is 11.4 Å². The first-order valence-corrected chi connectivity index (χ1v) is 4.95. The van der Waals surface area contributed by atoms with Crippen molar-refractivity contribution in [1.82, 2.24) is 5.32 Å². The van der Waals surface area contributed by atoms with E-state index in [0.29, 0.717) is 5.02 Å². The molecule has 0 aliphatic heterocycles. The van der Waals surface area contributed by atoms with Gasteiger partial charge in [0.05, 0.1) is 0 Å². The fourth-order valence-corrected chi connectivity index (χ4v) is 1.46. The van der Waals surface area contributed by atoms with Crippen molar-refractivity contribution < 1.29 is 4.39 Å². The van der Waals surface area contributed by atoms with Crippen molar-refractivity contribution in [3.05, 3.63) is 34.6 Å². The minimum atomic E-state index is -0.291. The zero-order valence-corrected chi connectivity index (χ0v) is 9.45. The third-order valence-electron chi connectivity index (χ3n) is 2.32. The molecular weight excluding hydrogens is 201 g/mol. The summed E-state index contributed by atoms with van der Waals surface area (Å²) in [5.74, 6) is -0.291. The Balaban J connectivity index is 2.87. The molecule has 78 valence electrons. The van der Waals surface area contributed by atoms with E-state index >= 15 is 0 Å². The highest BCUT2D eigenvalue weighted by atomic mass is 35.5. The van der Waals surface area contributed by atoms with E-state index in [9.17, 15) is 4.39 Å². The summed E-state index contributed by atoms with van der Waals surface area (Å²) in [6, 6.07) is 4.52. The predicted octanol–water partition coefficient (Wildman–Crippen LogP) is 3.02. The largest absolute Gasteiger partial charge is 0.314 e.